The Morgan fingerprint density at radius 1 is 1.25 bits per heavy atom. The number of aromatic carboxylic acids is 1. The molecule has 3 rings (SSSR count). The molecule has 2 N–H and O–H groups in total. The zero-order valence-electron chi connectivity index (χ0n) is 12.8. The summed E-state index contributed by atoms with van der Waals surface area (Å²) in [5.74, 6) is -1.87. The van der Waals surface area contributed by atoms with E-state index in [9.17, 15) is 23.1 Å². The molecule has 4 nitrogen and oxygen atoms in total. The van der Waals surface area contributed by atoms with E-state index in [1.54, 1.807) is 24.3 Å². The lowest BCUT2D eigenvalue weighted by Gasteiger charge is -2.16. The van der Waals surface area contributed by atoms with E-state index >= 15 is 0 Å². The van der Waals surface area contributed by atoms with Gasteiger partial charge in [-0.3, -0.25) is 0 Å². The predicted molar refractivity (Wildman–Crippen MR) is 83.0 cm³/mol. The van der Waals surface area contributed by atoms with Crippen molar-refractivity contribution in [2.75, 3.05) is 5.32 Å². The van der Waals surface area contributed by atoms with Crippen molar-refractivity contribution in [1.29, 1.82) is 0 Å². The molecule has 1 aromatic carbocycles. The molecule has 1 heterocycles. The predicted octanol–water partition coefficient (Wildman–Crippen LogP) is 4.35. The topological polar surface area (TPSA) is 62.2 Å². The highest BCUT2D eigenvalue weighted by Gasteiger charge is 2.39. The van der Waals surface area contributed by atoms with E-state index in [1.165, 1.54) is 0 Å². The van der Waals surface area contributed by atoms with Crippen LogP contribution in [0.15, 0.2) is 30.3 Å². The highest BCUT2D eigenvalue weighted by Crippen LogP contribution is 2.38. The number of rotatable bonds is 4. The Morgan fingerprint density at radius 2 is 1.88 bits per heavy atom. The molecule has 1 aromatic heterocycles. The van der Waals surface area contributed by atoms with E-state index in [0.29, 0.717) is 5.56 Å². The number of hydrogen-bond donors (Lipinski definition) is 2. The molecule has 1 aliphatic carbocycles. The minimum Gasteiger partial charge on any atom is -0.478 e. The lowest BCUT2D eigenvalue weighted by Crippen LogP contribution is -2.18. The quantitative estimate of drug-likeness (QED) is 0.871. The zero-order chi connectivity index (χ0) is 17.5. The number of benzene rings is 1. The highest BCUT2D eigenvalue weighted by molar-refractivity contribution is 5.96. The molecule has 7 heteroatoms. The van der Waals surface area contributed by atoms with Gasteiger partial charge in [0.1, 0.15) is 11.4 Å². The number of nitrogens with one attached hydrogen (secondary N) is 1. The Balaban J connectivity index is 2.19. The van der Waals surface area contributed by atoms with Gasteiger partial charge >= 0.3 is 12.1 Å². The molecule has 0 aliphatic heterocycles. The average Bonchev–Trinajstić information content (AvgIpc) is 3.30. The third-order valence-electron chi connectivity index (χ3n) is 3.80. The maximum Gasteiger partial charge on any atom is 0.417 e. The molecule has 0 spiro atoms. The summed E-state index contributed by atoms with van der Waals surface area (Å²) in [5, 5.41) is 12.1. The number of alkyl halides is 3. The molecule has 126 valence electrons. The summed E-state index contributed by atoms with van der Waals surface area (Å²) in [5.41, 5.74) is -0.459. The van der Waals surface area contributed by atoms with Crippen molar-refractivity contribution in [3.8, 4) is 11.3 Å². The van der Waals surface area contributed by atoms with Crippen LogP contribution in [0.5, 0.6) is 0 Å². The normalized spacial score (nSPS) is 14.5. The number of aromatic nitrogens is 1. The Bertz CT molecular complexity index is 782. The van der Waals surface area contributed by atoms with Gasteiger partial charge in [-0.1, -0.05) is 29.8 Å². The van der Waals surface area contributed by atoms with E-state index in [1.807, 2.05) is 6.92 Å². The Morgan fingerprint density at radius 3 is 2.38 bits per heavy atom. The molecule has 2 aromatic rings. The van der Waals surface area contributed by atoms with Gasteiger partial charge in [-0.25, -0.2) is 9.78 Å². The van der Waals surface area contributed by atoms with Crippen molar-refractivity contribution < 1.29 is 23.1 Å². The lowest BCUT2D eigenvalue weighted by molar-refractivity contribution is -0.138. The molecule has 24 heavy (non-hydrogen) atoms. The van der Waals surface area contributed by atoms with Gasteiger partial charge in [0.25, 0.3) is 0 Å². The van der Waals surface area contributed by atoms with Gasteiger partial charge in [0.2, 0.25) is 0 Å². The third-order valence-corrected chi connectivity index (χ3v) is 3.80. The smallest absolute Gasteiger partial charge is 0.417 e. The van der Waals surface area contributed by atoms with Gasteiger partial charge < -0.3 is 10.4 Å². The van der Waals surface area contributed by atoms with E-state index in [2.05, 4.69) is 10.3 Å². The molecule has 0 amide bonds. The summed E-state index contributed by atoms with van der Waals surface area (Å²) < 4.78 is 40.1. The number of pyridine rings is 1. The van der Waals surface area contributed by atoms with Gasteiger partial charge in [0.15, 0.2) is 0 Å². The van der Waals surface area contributed by atoms with E-state index in [4.69, 9.17) is 0 Å². The van der Waals surface area contributed by atoms with Gasteiger partial charge in [-0.2, -0.15) is 13.2 Å². The first-order valence-electron chi connectivity index (χ1n) is 7.45. The number of carboxylic acid groups (broad SMARTS) is 1. The number of hydrogen-bond acceptors (Lipinski definition) is 3. The SMILES string of the molecule is Cc1ccc(-c2cc(C(F)(F)F)c(C(=O)O)c(NC3CC3)n2)cc1. The van der Waals surface area contributed by atoms with Crippen LogP contribution < -0.4 is 5.32 Å². The van der Waals surface area contributed by atoms with Crippen LogP contribution in [0, 0.1) is 6.92 Å². The Kier molecular flexibility index (Phi) is 3.95. The summed E-state index contributed by atoms with van der Waals surface area (Å²) in [4.78, 5) is 15.6. The van der Waals surface area contributed by atoms with Crippen molar-refractivity contribution in [2.24, 2.45) is 0 Å². The fourth-order valence-electron chi connectivity index (χ4n) is 2.38. The minimum absolute atomic E-state index is 0.0232. The number of carboxylic acids is 1. The second-order valence-corrected chi connectivity index (χ2v) is 5.87. The maximum atomic E-state index is 13.4. The van der Waals surface area contributed by atoms with Crippen LogP contribution in [0.3, 0.4) is 0 Å². The van der Waals surface area contributed by atoms with Crippen LogP contribution in [0.2, 0.25) is 0 Å². The van der Waals surface area contributed by atoms with Crippen LogP contribution in [-0.4, -0.2) is 22.1 Å². The Hall–Kier alpha value is -2.57. The average molecular weight is 336 g/mol. The van der Waals surface area contributed by atoms with Crippen molar-refractivity contribution in [3.05, 3.63) is 47.0 Å². The van der Waals surface area contributed by atoms with Crippen LogP contribution >= 0.6 is 0 Å². The van der Waals surface area contributed by atoms with Gasteiger partial charge in [-0.15, -0.1) is 0 Å². The molecule has 1 saturated carbocycles. The zero-order valence-corrected chi connectivity index (χ0v) is 12.8. The monoisotopic (exact) mass is 336 g/mol. The van der Waals surface area contributed by atoms with E-state index < -0.39 is 23.3 Å². The van der Waals surface area contributed by atoms with Crippen LogP contribution in [0.4, 0.5) is 19.0 Å². The standard InChI is InChI=1S/C17H15F3N2O2/c1-9-2-4-10(5-3-9)13-8-12(17(18,19)20)14(16(23)24)15(22-13)21-11-6-7-11/h2-5,8,11H,6-7H2,1H3,(H,21,22)(H,23,24). The van der Waals surface area contributed by atoms with Crippen LogP contribution in [0.25, 0.3) is 11.3 Å². The van der Waals surface area contributed by atoms with Gasteiger partial charge in [0, 0.05) is 11.6 Å². The number of aryl methyl sites for hydroxylation is 1. The van der Waals surface area contributed by atoms with Crippen molar-refractivity contribution in [3.63, 3.8) is 0 Å². The minimum atomic E-state index is -4.78. The first-order valence-corrected chi connectivity index (χ1v) is 7.45. The number of halogens is 3. The molecular weight excluding hydrogens is 321 g/mol. The summed E-state index contributed by atoms with van der Waals surface area (Å²) in [7, 11) is 0. The number of carbonyl (C=O) groups is 1. The second-order valence-electron chi connectivity index (χ2n) is 5.87. The Labute approximate surface area is 136 Å². The number of anilines is 1. The molecule has 1 fully saturated rings. The maximum absolute atomic E-state index is 13.4. The molecule has 1 aliphatic rings. The molecule has 0 radical (unpaired) electrons. The fraction of sp³-hybridized carbons (Fsp3) is 0.294. The fourth-order valence-corrected chi connectivity index (χ4v) is 2.38. The summed E-state index contributed by atoms with van der Waals surface area (Å²) >= 11 is 0. The van der Waals surface area contributed by atoms with Crippen molar-refractivity contribution in [1.82, 2.24) is 4.98 Å². The largest absolute Gasteiger partial charge is 0.478 e. The molecule has 0 bridgehead atoms. The molecule has 0 saturated heterocycles. The molecule has 0 unspecified atom stereocenters. The summed E-state index contributed by atoms with van der Waals surface area (Å²) in [6.07, 6.45) is -3.20. The second kappa shape index (κ2) is 5.81. The lowest BCUT2D eigenvalue weighted by atomic mass is 10.0. The van der Waals surface area contributed by atoms with Gasteiger partial charge in [-0.05, 0) is 25.8 Å². The van der Waals surface area contributed by atoms with E-state index in [0.717, 1.165) is 24.5 Å². The summed E-state index contributed by atoms with van der Waals surface area (Å²) in [6, 6.07) is 7.64. The highest BCUT2D eigenvalue weighted by atomic mass is 19.4. The van der Waals surface area contributed by atoms with Crippen molar-refractivity contribution >= 4 is 11.8 Å². The molecule has 0 atom stereocenters. The molecular formula is C17H15F3N2O2. The third kappa shape index (κ3) is 3.34. The van der Waals surface area contributed by atoms with E-state index in [-0.39, 0.29) is 17.6 Å². The first kappa shape index (κ1) is 16.3. The van der Waals surface area contributed by atoms with Gasteiger partial charge in [0.05, 0.1) is 11.3 Å². The van der Waals surface area contributed by atoms with Crippen LogP contribution in [-0.2, 0) is 6.18 Å². The van der Waals surface area contributed by atoms with Crippen LogP contribution in [0.1, 0.15) is 34.3 Å². The number of nitrogens with zero attached hydrogens (tertiary/aromatic N) is 1. The summed E-state index contributed by atoms with van der Waals surface area (Å²) in [6.45, 7) is 1.87. The van der Waals surface area contributed by atoms with Crippen molar-refractivity contribution in [2.45, 2.75) is 32.0 Å². The first-order chi connectivity index (χ1) is 11.3.